The zero-order valence-electron chi connectivity index (χ0n) is 21.6. The highest BCUT2D eigenvalue weighted by atomic mass is 35.5. The molecular formula is C26H32ClFN2. The minimum Gasteiger partial charge on any atom is -0.294 e. The van der Waals surface area contributed by atoms with Crippen LogP contribution in [0.2, 0.25) is 0 Å². The van der Waals surface area contributed by atoms with E-state index >= 15 is 0 Å². The Labute approximate surface area is 192 Å². The van der Waals surface area contributed by atoms with Gasteiger partial charge in [0.1, 0.15) is 6.67 Å². The third-order valence-corrected chi connectivity index (χ3v) is 4.60. The lowest BCUT2D eigenvalue weighted by atomic mass is 10.1. The van der Waals surface area contributed by atoms with E-state index < -0.39 is 25.7 Å². The fourth-order valence-electron chi connectivity index (χ4n) is 2.76. The van der Waals surface area contributed by atoms with E-state index in [1.54, 1.807) is 7.05 Å². The largest absolute Gasteiger partial charge is 0.294 e. The van der Waals surface area contributed by atoms with Gasteiger partial charge >= 0.3 is 0 Å². The summed E-state index contributed by atoms with van der Waals surface area (Å²) in [5, 5.41) is -0.161. The molecule has 2 aromatic carbocycles. The van der Waals surface area contributed by atoms with E-state index in [2.05, 4.69) is 5.92 Å². The molecule has 0 saturated carbocycles. The number of terminal acetylenes is 2. The van der Waals surface area contributed by atoms with Gasteiger partial charge in [-0.2, -0.15) is 0 Å². The summed E-state index contributed by atoms with van der Waals surface area (Å²) in [6.07, 6.45) is 11.4. The number of likely N-dealkylation sites (N-methyl/N-ethyl adjacent to an activating group) is 1. The molecule has 160 valence electrons. The molecule has 2 aromatic rings. The number of halogens is 2. The highest BCUT2D eigenvalue weighted by molar-refractivity contribution is 6.20. The van der Waals surface area contributed by atoms with Crippen molar-refractivity contribution < 1.29 is 9.87 Å². The van der Waals surface area contributed by atoms with Gasteiger partial charge in [-0.05, 0) is 38.1 Å². The Balaban J connectivity index is 0.000000340. The molecule has 0 amide bonds. The van der Waals surface area contributed by atoms with Crippen LogP contribution in [-0.2, 0) is 12.8 Å². The van der Waals surface area contributed by atoms with Gasteiger partial charge < -0.3 is 0 Å². The van der Waals surface area contributed by atoms with Crippen LogP contribution in [0, 0.1) is 24.7 Å². The van der Waals surface area contributed by atoms with Gasteiger partial charge in [-0.1, -0.05) is 72.5 Å². The maximum Gasteiger partial charge on any atom is 0.105 e. The molecule has 2 rings (SSSR count). The molecule has 0 heterocycles. The van der Waals surface area contributed by atoms with Crippen LogP contribution in [0.5, 0.6) is 0 Å². The van der Waals surface area contributed by atoms with Crippen LogP contribution in [0.4, 0.5) is 4.39 Å². The maximum absolute atomic E-state index is 13.0. The van der Waals surface area contributed by atoms with Crippen molar-refractivity contribution in [2.45, 2.75) is 24.3 Å². The number of nitrogens with zero attached hydrogens (tertiary/aromatic N) is 2. The maximum atomic E-state index is 13.0. The Morgan fingerprint density at radius 2 is 1.43 bits per heavy atom. The first-order valence-corrected chi connectivity index (χ1v) is 10.1. The quantitative estimate of drug-likeness (QED) is 0.403. The lowest BCUT2D eigenvalue weighted by Crippen LogP contribution is -2.35. The van der Waals surface area contributed by atoms with Crippen LogP contribution < -0.4 is 0 Å². The molecule has 0 N–H and O–H groups in total. The Morgan fingerprint density at radius 3 is 1.90 bits per heavy atom. The second kappa shape index (κ2) is 15.5. The average molecular weight is 431 g/mol. The molecule has 0 aliphatic rings. The Morgan fingerprint density at radius 1 is 0.933 bits per heavy atom. The van der Waals surface area contributed by atoms with Crippen molar-refractivity contribution in [3.63, 3.8) is 0 Å². The summed E-state index contributed by atoms with van der Waals surface area (Å²) in [4.78, 5) is 2.72. The molecule has 0 aliphatic heterocycles. The summed E-state index contributed by atoms with van der Waals surface area (Å²) in [6, 6.07) is 18.8. The number of hydrogen-bond acceptors (Lipinski definition) is 2. The fraction of sp³-hybridized carbons (Fsp3) is 0.385. The van der Waals surface area contributed by atoms with E-state index in [1.165, 1.54) is 16.8 Å². The van der Waals surface area contributed by atoms with Gasteiger partial charge in [-0.15, -0.1) is 24.4 Å². The van der Waals surface area contributed by atoms with E-state index in [1.807, 2.05) is 66.6 Å². The monoisotopic (exact) mass is 430 g/mol. The summed E-state index contributed by atoms with van der Waals surface area (Å²) >= 11 is 6.20. The van der Waals surface area contributed by atoms with E-state index in [0.29, 0.717) is 19.4 Å². The second-order valence-corrected chi connectivity index (χ2v) is 7.41. The topological polar surface area (TPSA) is 6.48 Å². The van der Waals surface area contributed by atoms with Gasteiger partial charge in [0.25, 0.3) is 0 Å². The predicted molar refractivity (Wildman–Crippen MR) is 127 cm³/mol. The van der Waals surface area contributed by atoms with Crippen molar-refractivity contribution >= 4 is 11.6 Å². The van der Waals surface area contributed by atoms with Crippen LogP contribution in [0.3, 0.4) is 0 Å². The standard InChI is InChI=1S/C13H16ClN.C13H16FN/c1-3-9-15(2)11-13(14)10-12-7-5-4-6-8-12;1-3-9-15(2)13(11-14)10-12-7-5-4-6-8-12/h2*1,4-8,13H,9-11H2,2H3/t2*13-/m10/s1/i2*9D2. The van der Waals surface area contributed by atoms with E-state index in [0.717, 1.165) is 11.1 Å². The highest BCUT2D eigenvalue weighted by Crippen LogP contribution is 2.09. The van der Waals surface area contributed by atoms with Crippen LogP contribution in [-0.4, -0.2) is 61.5 Å². The Bertz CT molecular complexity index is 929. The molecular weight excluding hydrogens is 395 g/mol. The zero-order chi connectivity index (χ0) is 25.8. The molecule has 2 atom stereocenters. The molecule has 2 nitrogen and oxygen atoms in total. The van der Waals surface area contributed by atoms with Crippen molar-refractivity contribution in [2.75, 3.05) is 40.3 Å². The molecule has 30 heavy (non-hydrogen) atoms. The Hall–Kier alpha value is -2.30. The molecule has 0 saturated heterocycles. The summed E-state index contributed by atoms with van der Waals surface area (Å²) in [6.45, 7) is -3.89. The molecule has 0 radical (unpaired) electrons. The van der Waals surface area contributed by atoms with Crippen LogP contribution >= 0.6 is 11.6 Å². The van der Waals surface area contributed by atoms with E-state index in [-0.39, 0.29) is 5.38 Å². The van der Waals surface area contributed by atoms with Gasteiger partial charge in [-0.3, -0.25) is 9.80 Å². The summed E-state index contributed by atoms with van der Waals surface area (Å²) in [5.74, 6) is 4.15. The lowest BCUT2D eigenvalue weighted by molar-refractivity contribution is 0.220. The van der Waals surface area contributed by atoms with E-state index in [9.17, 15) is 4.39 Å². The van der Waals surface area contributed by atoms with Gasteiger partial charge in [-0.25, -0.2) is 4.39 Å². The van der Waals surface area contributed by atoms with Crippen molar-refractivity contribution in [1.82, 2.24) is 9.80 Å². The number of hydrogen-bond donors (Lipinski definition) is 0. The molecule has 0 aromatic heterocycles. The third kappa shape index (κ3) is 11.0. The SMILES string of the molecule is [2H]C([2H])(C#C)N(C)C[C@H](Cl)Cc1ccccc1.[2H]C([2H])(C#C)N(C)[C@H](CF)Cc1ccccc1. The third-order valence-electron chi connectivity index (χ3n) is 4.31. The first kappa shape index (κ1) is 19.7. The van der Waals surface area contributed by atoms with Gasteiger partial charge in [0, 0.05) is 12.6 Å². The Kier molecular flexibility index (Phi) is 10.2. The van der Waals surface area contributed by atoms with E-state index in [4.69, 9.17) is 29.9 Å². The summed E-state index contributed by atoms with van der Waals surface area (Å²) < 4.78 is 43.2. The zero-order valence-corrected chi connectivity index (χ0v) is 18.3. The number of alkyl halides is 2. The van der Waals surface area contributed by atoms with Crippen LogP contribution in [0.25, 0.3) is 0 Å². The molecule has 0 fully saturated rings. The normalized spacial score (nSPS) is 15.3. The van der Waals surface area contributed by atoms with Crippen LogP contribution in [0.1, 0.15) is 16.6 Å². The summed E-state index contributed by atoms with van der Waals surface area (Å²) in [5.41, 5.74) is 2.11. The van der Waals surface area contributed by atoms with Crippen molar-refractivity contribution in [2.24, 2.45) is 0 Å². The molecule has 0 aliphatic carbocycles. The highest BCUT2D eigenvalue weighted by Gasteiger charge is 2.14. The van der Waals surface area contributed by atoms with Crippen molar-refractivity contribution in [3.8, 4) is 24.7 Å². The first-order valence-electron chi connectivity index (χ1n) is 11.6. The fourth-order valence-corrected chi connectivity index (χ4v) is 3.15. The van der Waals surface area contributed by atoms with Gasteiger partial charge in [0.2, 0.25) is 0 Å². The molecule has 0 bridgehead atoms. The molecule has 0 spiro atoms. The first-order chi connectivity index (χ1) is 16.0. The minimum absolute atomic E-state index is 0.161. The van der Waals surface area contributed by atoms with Gasteiger partial charge in [0.15, 0.2) is 0 Å². The van der Waals surface area contributed by atoms with Gasteiger partial charge in [0.05, 0.1) is 23.9 Å². The minimum atomic E-state index is -1.93. The predicted octanol–water partition coefficient (Wildman–Crippen LogP) is 4.53. The van der Waals surface area contributed by atoms with Crippen molar-refractivity contribution in [3.05, 3.63) is 71.8 Å². The number of benzene rings is 2. The average Bonchev–Trinajstić information content (AvgIpc) is 2.83. The van der Waals surface area contributed by atoms with Crippen LogP contribution in [0.15, 0.2) is 60.7 Å². The number of rotatable bonds is 10. The van der Waals surface area contributed by atoms with Crippen molar-refractivity contribution in [1.29, 1.82) is 0 Å². The second-order valence-electron chi connectivity index (χ2n) is 6.79. The lowest BCUT2D eigenvalue weighted by Gasteiger charge is -2.23. The summed E-state index contributed by atoms with van der Waals surface area (Å²) in [7, 11) is 3.15. The molecule has 4 heteroatoms. The molecule has 0 unspecified atom stereocenters. The smallest absolute Gasteiger partial charge is 0.105 e.